The first-order chi connectivity index (χ1) is 10.4. The maximum atomic E-state index is 12.0. The van der Waals surface area contributed by atoms with Crippen LogP contribution in [0.3, 0.4) is 0 Å². The Kier molecular flexibility index (Phi) is 4.47. The summed E-state index contributed by atoms with van der Waals surface area (Å²) in [6.07, 6.45) is 3.32. The first-order valence-electron chi connectivity index (χ1n) is 6.47. The molecule has 9 nitrogen and oxygen atoms in total. The first-order valence-corrected chi connectivity index (χ1v) is 6.47. The minimum absolute atomic E-state index is 0.336. The van der Waals surface area contributed by atoms with Crippen molar-refractivity contribution >= 4 is 24.1 Å². The van der Waals surface area contributed by atoms with Gasteiger partial charge in [0, 0.05) is 32.7 Å². The second-order valence-corrected chi connectivity index (χ2v) is 4.77. The molecule has 1 fully saturated rings. The van der Waals surface area contributed by atoms with Gasteiger partial charge >= 0.3 is 6.03 Å². The largest absolute Gasteiger partial charge is 0.327 e. The molecule has 2 unspecified atom stereocenters. The summed E-state index contributed by atoms with van der Waals surface area (Å²) in [5.74, 6) is -1.77. The van der Waals surface area contributed by atoms with Gasteiger partial charge in [0.25, 0.3) is 5.91 Å². The summed E-state index contributed by atoms with van der Waals surface area (Å²) in [6, 6.07) is 2.71. The molecule has 1 aliphatic heterocycles. The molecule has 0 aliphatic carbocycles. The Balaban J connectivity index is 2.04. The van der Waals surface area contributed by atoms with Crippen molar-refractivity contribution < 1.29 is 14.4 Å². The summed E-state index contributed by atoms with van der Waals surface area (Å²) in [6.45, 7) is 0. The number of nitrogens with zero attached hydrogens (tertiary/aromatic N) is 4. The zero-order chi connectivity index (χ0) is 16.3. The summed E-state index contributed by atoms with van der Waals surface area (Å²) >= 11 is 0. The molecular weight excluding hydrogens is 288 g/mol. The average molecular weight is 304 g/mol. The van der Waals surface area contributed by atoms with E-state index in [-0.39, 0.29) is 0 Å². The van der Waals surface area contributed by atoms with Gasteiger partial charge in [-0.05, 0) is 12.1 Å². The zero-order valence-corrected chi connectivity index (χ0v) is 12.1. The molecule has 3 N–H and O–H groups in total. The third kappa shape index (κ3) is 2.93. The lowest BCUT2D eigenvalue weighted by Gasteiger charge is -2.38. The number of aromatic nitrogens is 1. The van der Waals surface area contributed by atoms with Crippen molar-refractivity contribution in [2.24, 2.45) is 16.8 Å². The van der Waals surface area contributed by atoms with Crippen LogP contribution >= 0.6 is 0 Å². The van der Waals surface area contributed by atoms with E-state index in [0.29, 0.717) is 5.56 Å². The molecule has 2 atom stereocenters. The van der Waals surface area contributed by atoms with Crippen LogP contribution in [0.4, 0.5) is 4.79 Å². The fraction of sp³-hybridized carbons (Fsp3) is 0.308. The minimum Gasteiger partial charge on any atom is -0.311 e. The van der Waals surface area contributed by atoms with Crippen LogP contribution < -0.4 is 11.2 Å². The van der Waals surface area contributed by atoms with E-state index in [1.54, 1.807) is 18.3 Å². The molecule has 9 heteroatoms. The van der Waals surface area contributed by atoms with E-state index in [4.69, 9.17) is 5.73 Å². The molecular formula is C13H16N6O3. The predicted molar refractivity (Wildman–Crippen MR) is 77.6 cm³/mol. The van der Waals surface area contributed by atoms with Gasteiger partial charge in [0.1, 0.15) is 5.92 Å². The highest BCUT2D eigenvalue weighted by molar-refractivity contribution is 6.05. The molecule has 0 radical (unpaired) electrons. The molecule has 116 valence electrons. The van der Waals surface area contributed by atoms with Gasteiger partial charge in [0.15, 0.2) is 0 Å². The highest BCUT2D eigenvalue weighted by Crippen LogP contribution is 2.15. The molecule has 0 bridgehead atoms. The van der Waals surface area contributed by atoms with Gasteiger partial charge in [-0.15, -0.1) is 0 Å². The number of imide groups is 1. The van der Waals surface area contributed by atoms with Crippen LogP contribution in [0.2, 0.25) is 0 Å². The average Bonchev–Trinajstić information content (AvgIpc) is 2.55. The molecule has 0 saturated carbocycles. The topological polar surface area (TPSA) is 121 Å². The number of amides is 4. The number of carbonyl (C=O) groups excluding carboxylic acids is 3. The Morgan fingerprint density at radius 2 is 2.18 bits per heavy atom. The maximum Gasteiger partial charge on any atom is 0.327 e. The van der Waals surface area contributed by atoms with Crippen molar-refractivity contribution in [3.8, 4) is 0 Å². The molecule has 22 heavy (non-hydrogen) atoms. The van der Waals surface area contributed by atoms with Gasteiger partial charge in [0.05, 0.1) is 11.7 Å². The van der Waals surface area contributed by atoms with Gasteiger partial charge in [-0.25, -0.2) is 10.2 Å². The lowest BCUT2D eigenvalue weighted by atomic mass is 10.0. The van der Waals surface area contributed by atoms with E-state index in [9.17, 15) is 14.4 Å². The highest BCUT2D eigenvalue weighted by Gasteiger charge is 2.40. The maximum absolute atomic E-state index is 12.0. The van der Waals surface area contributed by atoms with E-state index in [1.165, 1.54) is 31.4 Å². The number of hydrazone groups is 1. The third-order valence-corrected chi connectivity index (χ3v) is 3.34. The van der Waals surface area contributed by atoms with Crippen LogP contribution in [-0.4, -0.2) is 59.1 Å². The van der Waals surface area contributed by atoms with Crippen molar-refractivity contribution in [1.82, 2.24) is 20.2 Å². The Labute approximate surface area is 126 Å². The van der Waals surface area contributed by atoms with Crippen LogP contribution in [0.5, 0.6) is 0 Å². The predicted octanol–water partition coefficient (Wildman–Crippen LogP) is -0.778. The highest BCUT2D eigenvalue weighted by atomic mass is 16.2. The summed E-state index contributed by atoms with van der Waals surface area (Å²) in [5, 5.41) is 3.75. The Bertz CT molecular complexity index is 617. The van der Waals surface area contributed by atoms with Gasteiger partial charge < -0.3 is 10.6 Å². The lowest BCUT2D eigenvalue weighted by Crippen LogP contribution is -2.62. The number of hydrogen-bond acceptors (Lipinski definition) is 6. The molecule has 0 spiro atoms. The number of pyridine rings is 1. The van der Waals surface area contributed by atoms with E-state index in [0.717, 1.165) is 4.90 Å². The zero-order valence-electron chi connectivity index (χ0n) is 12.1. The lowest BCUT2D eigenvalue weighted by molar-refractivity contribution is -0.133. The number of rotatable bonds is 3. The normalized spacial score (nSPS) is 22.3. The molecule has 1 saturated heterocycles. The molecule has 0 aromatic carbocycles. The molecule has 2 rings (SSSR count). The van der Waals surface area contributed by atoms with Gasteiger partial charge in [-0.2, -0.15) is 5.10 Å². The van der Waals surface area contributed by atoms with E-state index >= 15 is 0 Å². The van der Waals surface area contributed by atoms with E-state index < -0.39 is 29.9 Å². The number of hydrogen-bond donors (Lipinski definition) is 2. The van der Waals surface area contributed by atoms with Crippen molar-refractivity contribution in [3.63, 3.8) is 0 Å². The van der Waals surface area contributed by atoms with Gasteiger partial charge in [0.2, 0.25) is 5.91 Å². The Hall–Kier alpha value is -2.81. The fourth-order valence-electron chi connectivity index (χ4n) is 1.96. The van der Waals surface area contributed by atoms with E-state index in [2.05, 4.69) is 15.5 Å². The van der Waals surface area contributed by atoms with Crippen molar-refractivity contribution in [1.29, 1.82) is 0 Å². The molecule has 1 aliphatic rings. The number of nitrogens with one attached hydrogen (secondary N) is 1. The Morgan fingerprint density at radius 3 is 2.82 bits per heavy atom. The molecule has 1 aromatic rings. The number of nitrogens with two attached hydrogens (primary N) is 1. The second-order valence-electron chi connectivity index (χ2n) is 4.77. The van der Waals surface area contributed by atoms with E-state index in [1.807, 2.05) is 0 Å². The third-order valence-electron chi connectivity index (χ3n) is 3.34. The smallest absolute Gasteiger partial charge is 0.311 e. The number of carbonyl (C=O) groups is 3. The van der Waals surface area contributed by atoms with Crippen LogP contribution in [0.25, 0.3) is 0 Å². The Morgan fingerprint density at radius 1 is 1.45 bits per heavy atom. The first kappa shape index (κ1) is 15.6. The quantitative estimate of drug-likeness (QED) is 0.560. The summed E-state index contributed by atoms with van der Waals surface area (Å²) < 4.78 is 0. The van der Waals surface area contributed by atoms with Crippen LogP contribution in [-0.2, 0) is 4.79 Å². The second kappa shape index (κ2) is 6.31. The fourth-order valence-corrected chi connectivity index (χ4v) is 1.96. The summed E-state index contributed by atoms with van der Waals surface area (Å²) in [4.78, 5) is 41.5. The van der Waals surface area contributed by atoms with Crippen molar-refractivity contribution in [2.45, 2.75) is 6.17 Å². The van der Waals surface area contributed by atoms with Crippen LogP contribution in [0, 0.1) is 5.92 Å². The molecule has 2 heterocycles. The van der Waals surface area contributed by atoms with Crippen LogP contribution in [0.1, 0.15) is 10.4 Å². The number of urea groups is 1. The minimum atomic E-state index is -0.838. The van der Waals surface area contributed by atoms with Gasteiger partial charge in [-0.3, -0.25) is 19.5 Å². The summed E-state index contributed by atoms with van der Waals surface area (Å²) in [7, 11) is 2.85. The SMILES string of the molecule is CN1C(=O)C(/C=N/NC(=O)c2cccnc2)C(N)N(C)C1=O. The molecule has 4 amide bonds. The van der Waals surface area contributed by atoms with Crippen LogP contribution in [0.15, 0.2) is 29.6 Å². The molecule has 1 aromatic heterocycles. The monoisotopic (exact) mass is 304 g/mol. The van der Waals surface area contributed by atoms with Gasteiger partial charge in [-0.1, -0.05) is 0 Å². The summed E-state index contributed by atoms with van der Waals surface area (Å²) in [5.41, 5.74) is 8.46. The standard InChI is InChI=1S/C13H16N6O3/c1-18-10(14)9(12(21)19(2)13(18)22)7-16-17-11(20)8-4-3-5-15-6-8/h3-7,9-10H,14H2,1-2H3,(H,17,20)/b16-7+. The van der Waals surface area contributed by atoms with Crippen molar-refractivity contribution in [3.05, 3.63) is 30.1 Å². The van der Waals surface area contributed by atoms with Crippen molar-refractivity contribution in [2.75, 3.05) is 14.1 Å².